The molecule has 0 radical (unpaired) electrons. The van der Waals surface area contributed by atoms with Gasteiger partial charge in [-0.05, 0) is 59.7 Å². The Labute approximate surface area is 152 Å². The molecule has 9 heteroatoms. The van der Waals surface area contributed by atoms with Crippen LogP contribution in [0.5, 0.6) is 5.88 Å². The molecule has 1 fully saturated rings. The summed E-state index contributed by atoms with van der Waals surface area (Å²) in [4.78, 5) is 5.39. The number of hydrogen-bond donors (Lipinski definition) is 0. The molecule has 1 aliphatic heterocycles. The molecule has 0 amide bonds. The predicted molar refractivity (Wildman–Crippen MR) is 91.6 cm³/mol. The lowest BCUT2D eigenvalue weighted by molar-refractivity contribution is -0.0529. The number of alkyl halides is 3. The quantitative estimate of drug-likeness (QED) is 0.763. The molecule has 1 aromatic rings. The van der Waals surface area contributed by atoms with Crippen molar-refractivity contribution in [2.24, 2.45) is 5.92 Å². The van der Waals surface area contributed by atoms with E-state index in [2.05, 4.69) is 35.4 Å². The van der Waals surface area contributed by atoms with Crippen LogP contribution in [0.2, 0.25) is 0 Å². The number of sulfone groups is 1. The lowest BCUT2D eigenvalue weighted by Gasteiger charge is -2.43. The Balaban J connectivity index is 2.17. The van der Waals surface area contributed by atoms with Crippen LogP contribution in [0, 0.1) is 5.92 Å². The molecular formula is C17H25F3N2O3S. The van der Waals surface area contributed by atoms with Crippen LogP contribution in [0.25, 0.3) is 0 Å². The summed E-state index contributed by atoms with van der Waals surface area (Å²) in [6.45, 7) is 5.42. The Kier molecular flexibility index (Phi) is 5.92. The minimum absolute atomic E-state index is 0.0546. The van der Waals surface area contributed by atoms with Gasteiger partial charge in [-0.1, -0.05) is 0 Å². The van der Waals surface area contributed by atoms with Gasteiger partial charge in [-0.15, -0.1) is 0 Å². The van der Waals surface area contributed by atoms with Gasteiger partial charge in [-0.3, -0.25) is 4.90 Å². The Bertz CT molecular complexity index is 708. The third-order valence-corrected chi connectivity index (χ3v) is 7.17. The van der Waals surface area contributed by atoms with E-state index in [0.717, 1.165) is 25.3 Å². The molecule has 26 heavy (non-hydrogen) atoms. The summed E-state index contributed by atoms with van der Waals surface area (Å²) in [5.74, 6) is -1.07. The normalized spacial score (nSPS) is 20.2. The second-order valence-electron chi connectivity index (χ2n) is 7.63. The highest BCUT2D eigenvalue weighted by Gasteiger charge is 2.49. The predicted octanol–water partition coefficient (Wildman–Crippen LogP) is 3.65. The first kappa shape index (κ1) is 21.0. The molecule has 2 heterocycles. The molecule has 0 aliphatic carbocycles. The van der Waals surface area contributed by atoms with Crippen molar-refractivity contribution in [3.63, 3.8) is 0 Å². The average molecular weight is 394 g/mol. The lowest BCUT2D eigenvalue weighted by Crippen LogP contribution is -2.50. The average Bonchev–Trinajstić information content (AvgIpc) is 2.54. The molecular weight excluding hydrogens is 369 g/mol. The molecule has 0 N–H and O–H groups in total. The van der Waals surface area contributed by atoms with Gasteiger partial charge in [0.1, 0.15) is 0 Å². The zero-order valence-electron chi connectivity index (χ0n) is 15.4. The first-order chi connectivity index (χ1) is 11.9. The summed E-state index contributed by atoms with van der Waals surface area (Å²) in [5.41, 5.74) is -0.0546. The second kappa shape index (κ2) is 7.34. The summed E-state index contributed by atoms with van der Waals surface area (Å²) < 4.78 is 69.3. The standard InChI is InChI=1S/C17H25F3N2O3S/c1-16(2,3)22-9-7-12(8-10-22)17(4,20)26(23,24)13-5-6-14(21-11-13)25-15(18)19/h5-6,11-12,15H,7-10H2,1-4H3. The third-order valence-electron chi connectivity index (χ3n) is 4.93. The van der Waals surface area contributed by atoms with Gasteiger partial charge in [0.05, 0.1) is 4.90 Å². The Hall–Kier alpha value is -1.35. The number of halogens is 3. The van der Waals surface area contributed by atoms with Crippen molar-refractivity contribution in [3.8, 4) is 5.88 Å². The topological polar surface area (TPSA) is 59.5 Å². The third kappa shape index (κ3) is 4.31. The van der Waals surface area contributed by atoms with Gasteiger partial charge in [-0.2, -0.15) is 8.78 Å². The summed E-state index contributed by atoms with van der Waals surface area (Å²) in [5, 5.41) is -2.47. The van der Waals surface area contributed by atoms with Crippen LogP contribution >= 0.6 is 0 Å². The van der Waals surface area contributed by atoms with Gasteiger partial charge in [-0.25, -0.2) is 17.8 Å². The van der Waals surface area contributed by atoms with E-state index < -0.39 is 33.2 Å². The smallest absolute Gasteiger partial charge is 0.388 e. The zero-order valence-corrected chi connectivity index (χ0v) is 16.2. The van der Waals surface area contributed by atoms with E-state index in [1.165, 1.54) is 0 Å². The minimum atomic E-state index is -4.33. The number of piperidine rings is 1. The highest BCUT2D eigenvalue weighted by molar-refractivity contribution is 7.92. The number of pyridine rings is 1. The van der Waals surface area contributed by atoms with Crippen LogP contribution in [0.15, 0.2) is 23.2 Å². The first-order valence-corrected chi connectivity index (χ1v) is 9.93. The van der Waals surface area contributed by atoms with Crippen molar-refractivity contribution < 1.29 is 26.3 Å². The molecule has 1 atom stereocenters. The fourth-order valence-corrected chi connectivity index (χ4v) is 4.78. The first-order valence-electron chi connectivity index (χ1n) is 8.45. The number of hydrogen-bond acceptors (Lipinski definition) is 5. The number of nitrogens with zero attached hydrogens (tertiary/aromatic N) is 2. The van der Waals surface area contributed by atoms with E-state index in [4.69, 9.17) is 0 Å². The highest BCUT2D eigenvalue weighted by Crippen LogP contribution is 2.40. The Morgan fingerprint density at radius 3 is 2.19 bits per heavy atom. The van der Waals surface area contributed by atoms with Crippen LogP contribution in [0.1, 0.15) is 40.5 Å². The number of likely N-dealkylation sites (tertiary alicyclic amines) is 1. The zero-order chi connectivity index (χ0) is 19.8. The Morgan fingerprint density at radius 2 is 1.77 bits per heavy atom. The largest absolute Gasteiger partial charge is 0.417 e. The van der Waals surface area contributed by atoms with Gasteiger partial charge >= 0.3 is 6.61 Å². The number of aromatic nitrogens is 1. The van der Waals surface area contributed by atoms with Gasteiger partial charge in [0.15, 0.2) is 0 Å². The van der Waals surface area contributed by atoms with E-state index in [0.29, 0.717) is 25.9 Å². The van der Waals surface area contributed by atoms with Crippen LogP contribution in [0.4, 0.5) is 13.2 Å². The molecule has 0 saturated carbocycles. The summed E-state index contributed by atoms with van der Waals surface area (Å²) >= 11 is 0. The van der Waals surface area contributed by atoms with Crippen LogP contribution < -0.4 is 4.74 Å². The SMILES string of the molecule is CC(C)(C)N1CCC(C(C)(F)S(=O)(=O)c2ccc(OC(F)F)nc2)CC1. The van der Waals surface area contributed by atoms with E-state index >= 15 is 4.39 Å². The van der Waals surface area contributed by atoms with Crippen LogP contribution in [-0.4, -0.2) is 48.5 Å². The van der Waals surface area contributed by atoms with Crippen LogP contribution in [-0.2, 0) is 9.84 Å². The molecule has 148 valence electrons. The molecule has 1 aliphatic rings. The molecule has 0 spiro atoms. The maximum atomic E-state index is 15.4. The summed E-state index contributed by atoms with van der Waals surface area (Å²) in [7, 11) is -4.33. The van der Waals surface area contributed by atoms with Crippen molar-refractivity contribution in [2.45, 2.75) is 62.6 Å². The summed E-state index contributed by atoms with van der Waals surface area (Å²) in [6, 6.07) is 2.04. The minimum Gasteiger partial charge on any atom is -0.417 e. The molecule has 1 unspecified atom stereocenters. The lowest BCUT2D eigenvalue weighted by atomic mass is 9.90. The van der Waals surface area contributed by atoms with Gasteiger partial charge < -0.3 is 4.74 Å². The van der Waals surface area contributed by atoms with Crippen LogP contribution in [0.3, 0.4) is 0 Å². The number of ether oxygens (including phenoxy) is 1. The highest BCUT2D eigenvalue weighted by atomic mass is 32.2. The van der Waals surface area contributed by atoms with Gasteiger partial charge in [0.2, 0.25) is 20.7 Å². The van der Waals surface area contributed by atoms with Crippen molar-refractivity contribution in [3.05, 3.63) is 18.3 Å². The molecule has 5 nitrogen and oxygen atoms in total. The second-order valence-corrected chi connectivity index (χ2v) is 9.91. The van der Waals surface area contributed by atoms with Crippen molar-refractivity contribution in [1.29, 1.82) is 0 Å². The maximum Gasteiger partial charge on any atom is 0.388 e. The van der Waals surface area contributed by atoms with E-state index in [-0.39, 0.29) is 10.4 Å². The molecule has 2 rings (SSSR count). The van der Waals surface area contributed by atoms with Crippen molar-refractivity contribution >= 4 is 9.84 Å². The molecule has 1 saturated heterocycles. The molecule has 1 aromatic heterocycles. The molecule has 0 aromatic carbocycles. The Morgan fingerprint density at radius 1 is 1.19 bits per heavy atom. The maximum absolute atomic E-state index is 15.4. The fraction of sp³-hybridized carbons (Fsp3) is 0.706. The van der Waals surface area contributed by atoms with E-state index in [9.17, 15) is 17.2 Å². The van der Waals surface area contributed by atoms with E-state index in [1.807, 2.05) is 0 Å². The van der Waals surface area contributed by atoms with Gasteiger partial charge in [0.25, 0.3) is 0 Å². The molecule has 0 bridgehead atoms. The fourth-order valence-electron chi connectivity index (χ4n) is 3.20. The van der Waals surface area contributed by atoms with Crippen molar-refractivity contribution in [2.75, 3.05) is 13.1 Å². The monoisotopic (exact) mass is 394 g/mol. The summed E-state index contributed by atoms with van der Waals surface area (Å²) in [6.07, 6.45) is 1.70. The van der Waals surface area contributed by atoms with Gasteiger partial charge in [0, 0.05) is 23.7 Å². The number of rotatable bonds is 5. The van der Waals surface area contributed by atoms with E-state index in [1.54, 1.807) is 0 Å². The van der Waals surface area contributed by atoms with Crippen molar-refractivity contribution in [1.82, 2.24) is 9.88 Å².